The van der Waals surface area contributed by atoms with Gasteiger partial charge in [0.1, 0.15) is 5.60 Å². The quantitative estimate of drug-likeness (QED) is 0.606. The van der Waals surface area contributed by atoms with Crippen LogP contribution in [0.1, 0.15) is 6.42 Å². The summed E-state index contributed by atoms with van der Waals surface area (Å²) in [6.07, 6.45) is 2.39. The van der Waals surface area contributed by atoms with Gasteiger partial charge in [-0.25, -0.2) is 0 Å². The van der Waals surface area contributed by atoms with Crippen LogP contribution in [0.4, 0.5) is 0 Å². The molecule has 2 nitrogen and oxygen atoms in total. The first-order valence-electron chi connectivity index (χ1n) is 4.40. The molecule has 1 fully saturated rings. The smallest absolute Gasteiger partial charge is 0.220 e. The SMILES string of the molecule is C=CCC1CN(C)C[C@]1(O)C(Cl)(Cl)Cl. The summed E-state index contributed by atoms with van der Waals surface area (Å²) in [5.41, 5.74) is -1.28. The molecule has 0 saturated carbocycles. The van der Waals surface area contributed by atoms with Crippen LogP contribution in [-0.2, 0) is 0 Å². The van der Waals surface area contributed by atoms with Crippen LogP contribution in [-0.4, -0.2) is 39.5 Å². The van der Waals surface area contributed by atoms with Crippen molar-refractivity contribution in [1.29, 1.82) is 0 Å². The third-order valence-corrected chi connectivity index (χ3v) is 3.64. The molecule has 0 aromatic carbocycles. The number of rotatable bonds is 2. The van der Waals surface area contributed by atoms with Crippen molar-refractivity contribution < 1.29 is 5.11 Å². The van der Waals surface area contributed by atoms with E-state index in [0.29, 0.717) is 13.0 Å². The number of likely N-dealkylation sites (N-methyl/N-ethyl adjacent to an activating group) is 1. The van der Waals surface area contributed by atoms with Gasteiger partial charge in [0.05, 0.1) is 0 Å². The number of alkyl halides is 3. The summed E-state index contributed by atoms with van der Waals surface area (Å²) < 4.78 is -1.65. The predicted octanol–water partition coefficient (Wildman–Crippen LogP) is 2.23. The molecular weight excluding hydrogens is 244 g/mol. The zero-order valence-corrected chi connectivity index (χ0v) is 10.3. The van der Waals surface area contributed by atoms with Crippen LogP contribution < -0.4 is 0 Å². The molecule has 1 rings (SSSR count). The minimum Gasteiger partial charge on any atom is -0.384 e. The number of hydrogen-bond acceptors (Lipinski definition) is 2. The molecule has 1 heterocycles. The average Bonchev–Trinajstić information content (AvgIpc) is 2.27. The van der Waals surface area contributed by atoms with E-state index in [-0.39, 0.29) is 5.92 Å². The standard InChI is InChI=1S/C9H14Cl3NO/c1-3-4-7-5-13(2)6-8(7,14)9(10,11)12/h3,7,14H,1,4-6H2,2H3/t7?,8-/m1/s1. The third-order valence-electron chi connectivity index (χ3n) is 2.66. The summed E-state index contributed by atoms with van der Waals surface area (Å²) in [5, 5.41) is 10.3. The van der Waals surface area contributed by atoms with E-state index < -0.39 is 9.39 Å². The molecule has 0 amide bonds. The first kappa shape index (κ1) is 12.6. The zero-order valence-electron chi connectivity index (χ0n) is 8.01. The first-order chi connectivity index (χ1) is 6.31. The molecule has 0 aromatic rings. The van der Waals surface area contributed by atoms with E-state index in [9.17, 15) is 5.11 Å². The van der Waals surface area contributed by atoms with Gasteiger partial charge in [0, 0.05) is 19.0 Å². The lowest BCUT2D eigenvalue weighted by Crippen LogP contribution is -2.49. The van der Waals surface area contributed by atoms with Crippen molar-refractivity contribution in [3.63, 3.8) is 0 Å². The highest BCUT2D eigenvalue weighted by molar-refractivity contribution is 6.68. The Balaban J connectivity index is 2.89. The van der Waals surface area contributed by atoms with Crippen molar-refractivity contribution in [1.82, 2.24) is 4.90 Å². The Hall–Kier alpha value is 0.530. The van der Waals surface area contributed by atoms with Crippen molar-refractivity contribution in [2.45, 2.75) is 15.8 Å². The lowest BCUT2D eigenvalue weighted by Gasteiger charge is -2.35. The second kappa shape index (κ2) is 4.18. The maximum atomic E-state index is 10.3. The lowest BCUT2D eigenvalue weighted by molar-refractivity contribution is 0.0176. The fourth-order valence-corrected chi connectivity index (χ4v) is 2.57. The lowest BCUT2D eigenvalue weighted by atomic mass is 9.89. The van der Waals surface area contributed by atoms with Crippen LogP contribution >= 0.6 is 34.8 Å². The predicted molar refractivity (Wildman–Crippen MR) is 61.0 cm³/mol. The minimum atomic E-state index is -1.65. The normalized spacial score (nSPS) is 34.8. The Morgan fingerprint density at radius 3 is 2.64 bits per heavy atom. The van der Waals surface area contributed by atoms with Crippen LogP contribution in [0.15, 0.2) is 12.7 Å². The summed E-state index contributed by atoms with van der Waals surface area (Å²) >= 11 is 17.4. The Morgan fingerprint density at radius 1 is 1.64 bits per heavy atom. The van der Waals surface area contributed by atoms with Crippen LogP contribution in [0.5, 0.6) is 0 Å². The second-order valence-electron chi connectivity index (χ2n) is 3.84. The van der Waals surface area contributed by atoms with Gasteiger partial charge in [-0.15, -0.1) is 6.58 Å². The molecule has 0 bridgehead atoms. The van der Waals surface area contributed by atoms with Crippen molar-refractivity contribution in [3.05, 3.63) is 12.7 Å². The third kappa shape index (κ3) is 2.20. The van der Waals surface area contributed by atoms with Crippen molar-refractivity contribution in [3.8, 4) is 0 Å². The maximum Gasteiger partial charge on any atom is 0.220 e. The van der Waals surface area contributed by atoms with Gasteiger partial charge in [0.25, 0.3) is 0 Å². The van der Waals surface area contributed by atoms with Crippen molar-refractivity contribution >= 4 is 34.8 Å². The molecule has 1 unspecified atom stereocenters. The molecule has 0 radical (unpaired) electrons. The van der Waals surface area contributed by atoms with Crippen LogP contribution in [0.25, 0.3) is 0 Å². The molecule has 2 atom stereocenters. The number of nitrogens with zero attached hydrogens (tertiary/aromatic N) is 1. The number of β-amino-alcohol motifs (C(OH)–C–C–N with tert-alkyl or cyclic N) is 1. The van der Waals surface area contributed by atoms with Gasteiger partial charge >= 0.3 is 0 Å². The van der Waals surface area contributed by atoms with E-state index in [0.717, 1.165) is 6.54 Å². The number of aliphatic hydroxyl groups is 1. The Bertz CT molecular complexity index is 229. The number of likely N-dealkylation sites (tertiary alicyclic amines) is 1. The van der Waals surface area contributed by atoms with E-state index in [2.05, 4.69) is 6.58 Å². The van der Waals surface area contributed by atoms with E-state index in [1.54, 1.807) is 6.08 Å². The molecule has 0 aliphatic carbocycles. The molecule has 5 heteroatoms. The largest absolute Gasteiger partial charge is 0.384 e. The topological polar surface area (TPSA) is 23.5 Å². The summed E-state index contributed by atoms with van der Waals surface area (Å²) in [5.74, 6) is -0.0718. The Labute approximate surface area is 99.4 Å². The summed E-state index contributed by atoms with van der Waals surface area (Å²) in [6, 6.07) is 0. The van der Waals surface area contributed by atoms with Crippen LogP contribution in [0, 0.1) is 5.92 Å². The minimum absolute atomic E-state index is 0.0718. The van der Waals surface area contributed by atoms with Gasteiger partial charge in [0.2, 0.25) is 3.79 Å². The fraction of sp³-hybridized carbons (Fsp3) is 0.778. The number of allylic oxidation sites excluding steroid dienone is 1. The van der Waals surface area contributed by atoms with E-state index in [1.807, 2.05) is 11.9 Å². The highest BCUT2D eigenvalue weighted by atomic mass is 35.6. The van der Waals surface area contributed by atoms with Gasteiger partial charge in [0.15, 0.2) is 0 Å². The molecule has 1 aliphatic heterocycles. The molecule has 1 N–H and O–H groups in total. The van der Waals surface area contributed by atoms with E-state index in [4.69, 9.17) is 34.8 Å². The monoisotopic (exact) mass is 257 g/mol. The average molecular weight is 259 g/mol. The summed E-state index contributed by atoms with van der Waals surface area (Å²) in [6.45, 7) is 4.73. The first-order valence-corrected chi connectivity index (χ1v) is 5.53. The Morgan fingerprint density at radius 2 is 2.21 bits per heavy atom. The zero-order chi connectivity index (χ0) is 11.0. The van der Waals surface area contributed by atoms with E-state index in [1.165, 1.54) is 0 Å². The van der Waals surface area contributed by atoms with Crippen LogP contribution in [0.3, 0.4) is 0 Å². The van der Waals surface area contributed by atoms with Gasteiger partial charge in [-0.05, 0) is 13.5 Å². The van der Waals surface area contributed by atoms with Gasteiger partial charge < -0.3 is 10.0 Å². The molecule has 14 heavy (non-hydrogen) atoms. The summed E-state index contributed by atoms with van der Waals surface area (Å²) in [4.78, 5) is 1.95. The van der Waals surface area contributed by atoms with Gasteiger partial charge in [-0.3, -0.25) is 0 Å². The van der Waals surface area contributed by atoms with Gasteiger partial charge in [-0.1, -0.05) is 40.9 Å². The molecule has 0 spiro atoms. The molecule has 0 aromatic heterocycles. The number of halogens is 3. The van der Waals surface area contributed by atoms with Crippen LogP contribution in [0.2, 0.25) is 0 Å². The van der Waals surface area contributed by atoms with Gasteiger partial charge in [-0.2, -0.15) is 0 Å². The van der Waals surface area contributed by atoms with E-state index >= 15 is 0 Å². The highest BCUT2D eigenvalue weighted by Gasteiger charge is 2.56. The molecule has 82 valence electrons. The van der Waals surface area contributed by atoms with Crippen molar-refractivity contribution in [2.75, 3.05) is 20.1 Å². The summed E-state index contributed by atoms with van der Waals surface area (Å²) in [7, 11) is 1.89. The molecule has 1 aliphatic rings. The highest BCUT2D eigenvalue weighted by Crippen LogP contribution is 2.47. The molecule has 1 saturated heterocycles. The Kier molecular flexibility index (Phi) is 3.77. The maximum absolute atomic E-state index is 10.3. The second-order valence-corrected chi connectivity index (χ2v) is 6.12. The van der Waals surface area contributed by atoms with Crippen molar-refractivity contribution in [2.24, 2.45) is 5.92 Å². The fourth-order valence-electron chi connectivity index (χ4n) is 1.92. The number of hydrogen-bond donors (Lipinski definition) is 1. The molecular formula is C9H14Cl3NO.